The molecule has 0 bridgehead atoms. The number of rotatable bonds is 4. The topological polar surface area (TPSA) is 70.0 Å². The van der Waals surface area contributed by atoms with Crippen LogP contribution in [-0.2, 0) is 11.3 Å². The Balaban J connectivity index is 2.12. The van der Waals surface area contributed by atoms with Crippen molar-refractivity contribution in [3.8, 4) is 11.5 Å². The van der Waals surface area contributed by atoms with Gasteiger partial charge >= 0.3 is 5.97 Å². The number of ether oxygens (including phenoxy) is 1. The molecule has 0 aromatic heterocycles. The Labute approximate surface area is 126 Å². The lowest BCUT2D eigenvalue weighted by atomic mass is 9.90. The van der Waals surface area contributed by atoms with E-state index >= 15 is 0 Å². The average Bonchev–Trinajstić information content (AvgIpc) is 2.76. The molecule has 2 N–H and O–H groups in total. The van der Waals surface area contributed by atoms with Gasteiger partial charge in [-0.05, 0) is 53.5 Å². The van der Waals surface area contributed by atoms with Gasteiger partial charge in [-0.2, -0.15) is 0 Å². The van der Waals surface area contributed by atoms with Crippen molar-refractivity contribution in [3.63, 3.8) is 0 Å². The van der Waals surface area contributed by atoms with E-state index < -0.39 is 11.4 Å². The van der Waals surface area contributed by atoms with Gasteiger partial charge in [0.2, 0.25) is 0 Å². The molecule has 0 aliphatic carbocycles. The summed E-state index contributed by atoms with van der Waals surface area (Å²) in [6.07, 6.45) is 0.652. The molecule has 0 spiro atoms. The van der Waals surface area contributed by atoms with E-state index in [0.717, 1.165) is 12.1 Å². The molecule has 1 aliphatic heterocycles. The van der Waals surface area contributed by atoms with Gasteiger partial charge in [0.05, 0.1) is 17.0 Å². The molecule has 0 saturated carbocycles. The Morgan fingerprint density at radius 2 is 2.25 bits per heavy atom. The summed E-state index contributed by atoms with van der Waals surface area (Å²) in [5, 5.41) is 19.0. The third-order valence-corrected chi connectivity index (χ3v) is 4.39. The first kappa shape index (κ1) is 15.1. The molecule has 0 radical (unpaired) electrons. The van der Waals surface area contributed by atoms with Crippen molar-refractivity contribution in [2.24, 2.45) is 5.41 Å². The zero-order chi connectivity index (χ0) is 14.9. The number of hydrogen-bond donors (Lipinski definition) is 2. The normalized spacial score (nSPS) is 22.9. The fraction of sp³-hybridized carbons (Fsp3) is 0.500. The van der Waals surface area contributed by atoms with Crippen molar-refractivity contribution < 1.29 is 19.7 Å². The Morgan fingerprint density at radius 3 is 2.80 bits per heavy atom. The number of aliphatic carboxylic acids is 1. The smallest absolute Gasteiger partial charge is 0.310 e. The number of carboxylic acids is 1. The number of benzene rings is 1. The molecule has 1 heterocycles. The summed E-state index contributed by atoms with van der Waals surface area (Å²) in [6.45, 7) is 3.70. The number of methoxy groups -OCH3 is 1. The highest BCUT2D eigenvalue weighted by Gasteiger charge is 2.40. The summed E-state index contributed by atoms with van der Waals surface area (Å²) >= 11 is 3.29. The zero-order valence-corrected chi connectivity index (χ0v) is 13.1. The van der Waals surface area contributed by atoms with Gasteiger partial charge in [-0.3, -0.25) is 9.69 Å². The Bertz CT molecular complexity index is 534. The van der Waals surface area contributed by atoms with E-state index in [9.17, 15) is 15.0 Å². The molecule has 1 saturated heterocycles. The molecule has 6 heteroatoms. The summed E-state index contributed by atoms with van der Waals surface area (Å²) in [4.78, 5) is 13.3. The van der Waals surface area contributed by atoms with E-state index in [0.29, 0.717) is 29.7 Å². The zero-order valence-electron chi connectivity index (χ0n) is 11.5. The summed E-state index contributed by atoms with van der Waals surface area (Å²) in [5.74, 6) is -0.257. The molecular formula is C14H18BrNO4. The van der Waals surface area contributed by atoms with Crippen LogP contribution in [0.25, 0.3) is 0 Å². The van der Waals surface area contributed by atoms with Crippen LogP contribution in [0.3, 0.4) is 0 Å². The monoisotopic (exact) mass is 343 g/mol. The number of carboxylic acid groups (broad SMARTS) is 1. The molecule has 2 rings (SSSR count). The number of halogens is 1. The second kappa shape index (κ2) is 5.61. The average molecular weight is 344 g/mol. The third kappa shape index (κ3) is 2.91. The van der Waals surface area contributed by atoms with E-state index in [4.69, 9.17) is 4.74 Å². The number of hydrogen-bond acceptors (Lipinski definition) is 4. The first-order valence-electron chi connectivity index (χ1n) is 6.37. The number of phenols is 1. The van der Waals surface area contributed by atoms with Crippen LogP contribution < -0.4 is 4.74 Å². The number of nitrogens with zero attached hydrogens (tertiary/aromatic N) is 1. The van der Waals surface area contributed by atoms with E-state index in [1.807, 2.05) is 6.07 Å². The van der Waals surface area contributed by atoms with Crippen LogP contribution in [0.4, 0.5) is 0 Å². The van der Waals surface area contributed by atoms with Gasteiger partial charge < -0.3 is 14.9 Å². The maximum absolute atomic E-state index is 11.2. The van der Waals surface area contributed by atoms with Crippen LogP contribution in [0, 0.1) is 5.41 Å². The second-order valence-corrected chi connectivity index (χ2v) is 6.31. The van der Waals surface area contributed by atoms with Crippen molar-refractivity contribution in [2.75, 3.05) is 20.2 Å². The molecule has 1 aromatic carbocycles. The van der Waals surface area contributed by atoms with Crippen molar-refractivity contribution >= 4 is 21.9 Å². The van der Waals surface area contributed by atoms with Gasteiger partial charge in [0.15, 0.2) is 11.5 Å². The minimum absolute atomic E-state index is 0.0769. The SMILES string of the molecule is COc1cc(CN2CCC(C)(C(=O)O)C2)cc(Br)c1O. The van der Waals surface area contributed by atoms with Gasteiger partial charge in [-0.15, -0.1) is 0 Å². The van der Waals surface area contributed by atoms with Gasteiger partial charge in [0.1, 0.15) is 0 Å². The molecule has 1 unspecified atom stereocenters. The highest BCUT2D eigenvalue weighted by atomic mass is 79.9. The standard InChI is InChI=1S/C14H18BrNO4/c1-14(13(18)19)3-4-16(8-14)7-9-5-10(15)12(17)11(6-9)20-2/h5-6,17H,3-4,7-8H2,1-2H3,(H,18,19). The molecule has 20 heavy (non-hydrogen) atoms. The highest BCUT2D eigenvalue weighted by Crippen LogP contribution is 2.37. The lowest BCUT2D eigenvalue weighted by Gasteiger charge is -2.20. The van der Waals surface area contributed by atoms with Crippen molar-refractivity contribution in [1.82, 2.24) is 4.90 Å². The minimum atomic E-state index is -0.746. The summed E-state index contributed by atoms with van der Waals surface area (Å²) in [7, 11) is 1.50. The minimum Gasteiger partial charge on any atom is -0.503 e. The maximum Gasteiger partial charge on any atom is 0.310 e. The Morgan fingerprint density at radius 1 is 1.55 bits per heavy atom. The lowest BCUT2D eigenvalue weighted by molar-refractivity contribution is -0.147. The predicted octanol–water partition coefficient (Wildman–Crippen LogP) is 2.46. The van der Waals surface area contributed by atoms with Crippen LogP contribution in [-0.4, -0.2) is 41.3 Å². The summed E-state index contributed by atoms with van der Waals surface area (Å²) in [5.41, 5.74) is 0.305. The Kier molecular flexibility index (Phi) is 4.25. The fourth-order valence-corrected chi connectivity index (χ4v) is 2.99. The lowest BCUT2D eigenvalue weighted by Crippen LogP contribution is -2.31. The van der Waals surface area contributed by atoms with Gasteiger partial charge in [0.25, 0.3) is 0 Å². The molecule has 0 amide bonds. The second-order valence-electron chi connectivity index (χ2n) is 5.45. The molecule has 1 aromatic rings. The predicted molar refractivity (Wildman–Crippen MR) is 78.0 cm³/mol. The van der Waals surface area contributed by atoms with Gasteiger partial charge in [-0.25, -0.2) is 0 Å². The fourth-order valence-electron chi connectivity index (χ4n) is 2.50. The van der Waals surface area contributed by atoms with E-state index in [2.05, 4.69) is 20.8 Å². The number of carbonyl (C=O) groups is 1. The first-order chi connectivity index (χ1) is 9.35. The maximum atomic E-state index is 11.2. The van der Waals surface area contributed by atoms with Gasteiger partial charge in [0, 0.05) is 13.1 Å². The van der Waals surface area contributed by atoms with Crippen molar-refractivity contribution in [3.05, 3.63) is 22.2 Å². The molecule has 1 atom stereocenters. The quantitative estimate of drug-likeness (QED) is 0.878. The molecule has 1 fully saturated rings. The number of likely N-dealkylation sites (tertiary alicyclic amines) is 1. The van der Waals surface area contributed by atoms with Crippen LogP contribution in [0.2, 0.25) is 0 Å². The van der Waals surface area contributed by atoms with E-state index in [1.165, 1.54) is 7.11 Å². The Hall–Kier alpha value is -1.27. The van der Waals surface area contributed by atoms with E-state index in [-0.39, 0.29) is 5.75 Å². The third-order valence-electron chi connectivity index (χ3n) is 3.78. The highest BCUT2D eigenvalue weighted by molar-refractivity contribution is 9.10. The summed E-state index contributed by atoms with van der Waals surface area (Å²) < 4.78 is 5.69. The number of phenolic OH excluding ortho intramolecular Hbond substituents is 1. The van der Waals surface area contributed by atoms with Crippen molar-refractivity contribution in [1.29, 1.82) is 0 Å². The van der Waals surface area contributed by atoms with E-state index in [1.54, 1.807) is 13.0 Å². The first-order valence-corrected chi connectivity index (χ1v) is 7.16. The largest absolute Gasteiger partial charge is 0.503 e. The molecule has 5 nitrogen and oxygen atoms in total. The van der Waals surface area contributed by atoms with Gasteiger partial charge in [-0.1, -0.05) is 0 Å². The van der Waals surface area contributed by atoms with Crippen LogP contribution in [0.5, 0.6) is 11.5 Å². The molecule has 1 aliphatic rings. The summed E-state index contributed by atoms with van der Waals surface area (Å²) in [6, 6.07) is 3.60. The van der Waals surface area contributed by atoms with Crippen molar-refractivity contribution in [2.45, 2.75) is 19.9 Å². The molecule has 110 valence electrons. The number of aromatic hydroxyl groups is 1. The molecular weight excluding hydrogens is 326 g/mol. The van der Waals surface area contributed by atoms with Crippen LogP contribution >= 0.6 is 15.9 Å². The van der Waals surface area contributed by atoms with Crippen LogP contribution in [0.1, 0.15) is 18.9 Å². The van der Waals surface area contributed by atoms with Crippen LogP contribution in [0.15, 0.2) is 16.6 Å².